The van der Waals surface area contributed by atoms with E-state index in [2.05, 4.69) is 5.32 Å². The number of hydrogen-bond acceptors (Lipinski definition) is 2. The third-order valence-corrected chi connectivity index (χ3v) is 3.83. The van der Waals surface area contributed by atoms with Gasteiger partial charge in [-0.05, 0) is 31.9 Å². The molecule has 1 aromatic rings. The minimum absolute atomic E-state index is 0.105. The Balaban J connectivity index is 2.03. The Kier molecular flexibility index (Phi) is 4.95. The van der Waals surface area contributed by atoms with Crippen LogP contribution < -0.4 is 5.32 Å². The van der Waals surface area contributed by atoms with Crippen LogP contribution in [0.5, 0.6) is 0 Å². The lowest BCUT2D eigenvalue weighted by Crippen LogP contribution is -2.47. The van der Waals surface area contributed by atoms with Crippen LogP contribution >= 0.6 is 0 Å². The number of nitrogens with one attached hydrogen (secondary N) is 1. The van der Waals surface area contributed by atoms with Crippen LogP contribution in [0.25, 0.3) is 0 Å². The number of amides is 2. The number of carboxylic acids is 1. The first-order valence-corrected chi connectivity index (χ1v) is 7.12. The summed E-state index contributed by atoms with van der Waals surface area (Å²) in [5, 5.41) is 11.5. The predicted octanol–water partition coefficient (Wildman–Crippen LogP) is 2.53. The van der Waals surface area contributed by atoms with Gasteiger partial charge in [0.05, 0.1) is 12.0 Å². The van der Waals surface area contributed by atoms with Gasteiger partial charge in [0.25, 0.3) is 0 Å². The van der Waals surface area contributed by atoms with Gasteiger partial charge >= 0.3 is 12.0 Å². The SMILES string of the molecule is CC(NC(=O)N1CCCC(C(=O)O)C1)c1c(F)cccc1F. The van der Waals surface area contributed by atoms with Gasteiger partial charge in [0.2, 0.25) is 0 Å². The number of piperidine rings is 1. The minimum atomic E-state index is -0.939. The van der Waals surface area contributed by atoms with Crippen LogP contribution in [0.15, 0.2) is 18.2 Å². The van der Waals surface area contributed by atoms with E-state index in [0.29, 0.717) is 19.4 Å². The summed E-state index contributed by atoms with van der Waals surface area (Å²) in [6, 6.07) is 2.15. The molecule has 0 bridgehead atoms. The van der Waals surface area contributed by atoms with Crippen LogP contribution in [-0.4, -0.2) is 35.1 Å². The van der Waals surface area contributed by atoms with E-state index >= 15 is 0 Å². The van der Waals surface area contributed by atoms with Crippen molar-refractivity contribution in [2.24, 2.45) is 5.92 Å². The molecule has 0 aliphatic carbocycles. The lowest BCUT2D eigenvalue weighted by Gasteiger charge is -2.31. The summed E-state index contributed by atoms with van der Waals surface area (Å²) >= 11 is 0. The highest BCUT2D eigenvalue weighted by Crippen LogP contribution is 2.22. The second kappa shape index (κ2) is 6.72. The van der Waals surface area contributed by atoms with Crippen molar-refractivity contribution in [3.05, 3.63) is 35.4 Å². The van der Waals surface area contributed by atoms with Crippen LogP contribution in [-0.2, 0) is 4.79 Å². The Bertz CT molecular complexity index is 560. The number of likely N-dealkylation sites (tertiary alicyclic amines) is 1. The van der Waals surface area contributed by atoms with Gasteiger partial charge in [0.1, 0.15) is 11.6 Å². The van der Waals surface area contributed by atoms with E-state index in [1.807, 2.05) is 0 Å². The van der Waals surface area contributed by atoms with E-state index in [1.165, 1.54) is 17.9 Å². The van der Waals surface area contributed by atoms with Gasteiger partial charge in [-0.3, -0.25) is 4.79 Å². The minimum Gasteiger partial charge on any atom is -0.481 e. The quantitative estimate of drug-likeness (QED) is 0.901. The summed E-state index contributed by atoms with van der Waals surface area (Å²) in [5.41, 5.74) is -0.206. The number of hydrogen-bond donors (Lipinski definition) is 2. The first-order chi connectivity index (χ1) is 10.4. The van der Waals surface area contributed by atoms with Crippen LogP contribution in [0.4, 0.5) is 13.6 Å². The smallest absolute Gasteiger partial charge is 0.317 e. The second-order valence-corrected chi connectivity index (χ2v) is 5.43. The standard InChI is InChI=1S/C15H18F2N2O3/c1-9(13-11(16)5-2-6-12(13)17)18-15(22)19-7-3-4-10(8-19)14(20)21/h2,5-6,9-10H,3-4,7-8H2,1H3,(H,18,22)(H,20,21). The summed E-state index contributed by atoms with van der Waals surface area (Å²) in [5.74, 6) is -2.99. The van der Waals surface area contributed by atoms with Gasteiger partial charge < -0.3 is 15.3 Å². The Morgan fingerprint density at radius 1 is 1.36 bits per heavy atom. The zero-order valence-corrected chi connectivity index (χ0v) is 12.2. The van der Waals surface area contributed by atoms with Gasteiger partial charge in [-0.15, -0.1) is 0 Å². The highest BCUT2D eigenvalue weighted by atomic mass is 19.1. The lowest BCUT2D eigenvalue weighted by atomic mass is 9.98. The molecule has 0 radical (unpaired) electrons. The fourth-order valence-corrected chi connectivity index (χ4v) is 2.64. The van der Waals surface area contributed by atoms with E-state index in [-0.39, 0.29) is 12.1 Å². The molecule has 2 unspecified atom stereocenters. The largest absolute Gasteiger partial charge is 0.481 e. The number of carboxylic acid groups (broad SMARTS) is 1. The number of halogens is 2. The molecule has 1 saturated heterocycles. The first kappa shape index (κ1) is 16.2. The van der Waals surface area contributed by atoms with E-state index in [0.717, 1.165) is 12.1 Å². The van der Waals surface area contributed by atoms with E-state index in [1.54, 1.807) is 0 Å². The zero-order valence-electron chi connectivity index (χ0n) is 12.2. The third kappa shape index (κ3) is 3.52. The van der Waals surface area contributed by atoms with Crippen molar-refractivity contribution < 1.29 is 23.5 Å². The normalized spacial score (nSPS) is 19.6. The molecule has 120 valence electrons. The predicted molar refractivity (Wildman–Crippen MR) is 75.2 cm³/mol. The maximum atomic E-state index is 13.7. The molecule has 5 nitrogen and oxygen atoms in total. The van der Waals surface area contributed by atoms with Crippen molar-refractivity contribution in [2.75, 3.05) is 13.1 Å². The molecular weight excluding hydrogens is 294 g/mol. The number of benzene rings is 1. The van der Waals surface area contributed by atoms with Gasteiger partial charge in [0, 0.05) is 18.7 Å². The van der Waals surface area contributed by atoms with Crippen molar-refractivity contribution in [3.8, 4) is 0 Å². The van der Waals surface area contributed by atoms with Crippen LogP contribution in [0, 0.1) is 17.6 Å². The van der Waals surface area contributed by atoms with E-state index < -0.39 is 35.6 Å². The maximum Gasteiger partial charge on any atom is 0.317 e. The number of carbonyl (C=O) groups is 2. The number of aliphatic carboxylic acids is 1. The Hall–Kier alpha value is -2.18. The average molecular weight is 312 g/mol. The molecule has 7 heteroatoms. The van der Waals surface area contributed by atoms with Crippen molar-refractivity contribution in [1.29, 1.82) is 0 Å². The van der Waals surface area contributed by atoms with Crippen LogP contribution in [0.1, 0.15) is 31.4 Å². The molecule has 22 heavy (non-hydrogen) atoms. The highest BCUT2D eigenvalue weighted by Gasteiger charge is 2.29. The highest BCUT2D eigenvalue weighted by molar-refractivity contribution is 5.77. The molecule has 2 atom stereocenters. The molecular formula is C15H18F2N2O3. The molecule has 0 aromatic heterocycles. The average Bonchev–Trinajstić information content (AvgIpc) is 2.47. The van der Waals surface area contributed by atoms with Gasteiger partial charge in [-0.2, -0.15) is 0 Å². The van der Waals surface area contributed by atoms with Crippen LogP contribution in [0.3, 0.4) is 0 Å². The summed E-state index contributed by atoms with van der Waals surface area (Å²) in [4.78, 5) is 24.5. The lowest BCUT2D eigenvalue weighted by molar-refractivity contribution is -0.143. The second-order valence-electron chi connectivity index (χ2n) is 5.43. The molecule has 1 heterocycles. The van der Waals surface area contributed by atoms with Gasteiger partial charge in [0.15, 0.2) is 0 Å². The maximum absolute atomic E-state index is 13.7. The topological polar surface area (TPSA) is 69.6 Å². The van der Waals surface area contributed by atoms with Crippen molar-refractivity contribution in [3.63, 3.8) is 0 Å². The van der Waals surface area contributed by atoms with Gasteiger partial charge in [-0.1, -0.05) is 6.07 Å². The molecule has 0 saturated carbocycles. The third-order valence-electron chi connectivity index (χ3n) is 3.83. The fourth-order valence-electron chi connectivity index (χ4n) is 2.64. The fraction of sp³-hybridized carbons (Fsp3) is 0.467. The first-order valence-electron chi connectivity index (χ1n) is 7.12. The Morgan fingerprint density at radius 2 is 2.00 bits per heavy atom. The number of nitrogens with zero attached hydrogens (tertiary/aromatic N) is 1. The van der Waals surface area contributed by atoms with Crippen molar-refractivity contribution >= 4 is 12.0 Å². The Labute approximate surface area is 126 Å². The molecule has 0 spiro atoms. The zero-order chi connectivity index (χ0) is 16.3. The molecule has 2 rings (SSSR count). The molecule has 2 N–H and O–H groups in total. The van der Waals surface area contributed by atoms with E-state index in [4.69, 9.17) is 5.11 Å². The van der Waals surface area contributed by atoms with Crippen LogP contribution in [0.2, 0.25) is 0 Å². The molecule has 1 aliphatic rings. The van der Waals surface area contributed by atoms with Crippen molar-refractivity contribution in [1.82, 2.24) is 10.2 Å². The number of carbonyl (C=O) groups excluding carboxylic acids is 1. The van der Waals surface area contributed by atoms with Crippen molar-refractivity contribution in [2.45, 2.75) is 25.8 Å². The molecule has 1 fully saturated rings. The number of rotatable bonds is 3. The summed E-state index contributed by atoms with van der Waals surface area (Å²) in [6.45, 7) is 2.02. The monoisotopic (exact) mass is 312 g/mol. The van der Waals surface area contributed by atoms with E-state index in [9.17, 15) is 18.4 Å². The van der Waals surface area contributed by atoms with Gasteiger partial charge in [-0.25, -0.2) is 13.6 Å². The summed E-state index contributed by atoms with van der Waals surface area (Å²) in [6.07, 6.45) is 1.11. The molecule has 2 amide bonds. The number of urea groups is 1. The molecule has 1 aliphatic heterocycles. The summed E-state index contributed by atoms with van der Waals surface area (Å²) in [7, 11) is 0. The molecule has 1 aromatic carbocycles. The summed E-state index contributed by atoms with van der Waals surface area (Å²) < 4.78 is 27.4. The Morgan fingerprint density at radius 3 is 2.59 bits per heavy atom.